The largest absolute Gasteiger partial charge is 0.381 e. The molecule has 0 amide bonds. The average molecular weight is 286 g/mol. The van der Waals surface area contributed by atoms with Crippen LogP contribution in [0.5, 0.6) is 0 Å². The summed E-state index contributed by atoms with van der Waals surface area (Å²) in [6, 6.07) is 4.06. The number of ketones is 1. The highest BCUT2D eigenvalue weighted by Gasteiger charge is 2.38. The fraction of sp³-hybridized carbons (Fsp3) is 0.500. The summed E-state index contributed by atoms with van der Waals surface area (Å²) in [6.07, 6.45) is 1.36. The molecule has 104 valence electrons. The van der Waals surface area contributed by atoms with Crippen LogP contribution in [0.15, 0.2) is 18.2 Å². The van der Waals surface area contributed by atoms with Crippen molar-refractivity contribution in [1.82, 2.24) is 0 Å². The van der Waals surface area contributed by atoms with Gasteiger partial charge in [0, 0.05) is 36.6 Å². The van der Waals surface area contributed by atoms with Gasteiger partial charge in [-0.1, -0.05) is 11.6 Å². The standard InChI is InChI=1S/C14H17ClFNO2/c15-12-2-1-11(16)7-10(12)8-13(18)14(9-17)3-5-19-6-4-14/h1-2,7H,3-6,8-9,17H2. The Morgan fingerprint density at radius 2 is 2.11 bits per heavy atom. The lowest BCUT2D eigenvalue weighted by molar-refractivity contribution is -0.132. The Morgan fingerprint density at radius 1 is 1.42 bits per heavy atom. The molecule has 19 heavy (non-hydrogen) atoms. The molecule has 1 aliphatic rings. The van der Waals surface area contributed by atoms with Crippen molar-refractivity contribution >= 4 is 17.4 Å². The van der Waals surface area contributed by atoms with Crippen LogP contribution in [0.4, 0.5) is 4.39 Å². The summed E-state index contributed by atoms with van der Waals surface area (Å²) in [5.74, 6) is -0.369. The van der Waals surface area contributed by atoms with Crippen LogP contribution in [0.25, 0.3) is 0 Å². The summed E-state index contributed by atoms with van der Waals surface area (Å²) in [6.45, 7) is 1.38. The van der Waals surface area contributed by atoms with E-state index in [0.29, 0.717) is 43.2 Å². The van der Waals surface area contributed by atoms with E-state index in [2.05, 4.69) is 0 Å². The first-order valence-electron chi connectivity index (χ1n) is 6.32. The number of rotatable bonds is 4. The lowest BCUT2D eigenvalue weighted by atomic mass is 9.74. The van der Waals surface area contributed by atoms with Crippen LogP contribution < -0.4 is 5.73 Å². The molecule has 0 unspecified atom stereocenters. The zero-order chi connectivity index (χ0) is 13.9. The topological polar surface area (TPSA) is 52.3 Å². The number of ether oxygens (including phenoxy) is 1. The molecular weight excluding hydrogens is 269 g/mol. The van der Waals surface area contributed by atoms with Gasteiger partial charge in [-0.05, 0) is 36.6 Å². The second-order valence-corrected chi connectivity index (χ2v) is 5.34. The molecule has 5 heteroatoms. The van der Waals surface area contributed by atoms with Gasteiger partial charge >= 0.3 is 0 Å². The van der Waals surface area contributed by atoms with Gasteiger partial charge < -0.3 is 10.5 Å². The third-order valence-corrected chi connectivity index (χ3v) is 4.16. The van der Waals surface area contributed by atoms with Crippen LogP contribution in [-0.2, 0) is 16.0 Å². The minimum atomic E-state index is -0.548. The van der Waals surface area contributed by atoms with E-state index in [0.717, 1.165) is 0 Å². The smallest absolute Gasteiger partial charge is 0.144 e. The molecule has 0 bridgehead atoms. The van der Waals surface area contributed by atoms with Gasteiger partial charge in [0.1, 0.15) is 11.6 Å². The Hall–Kier alpha value is -0.970. The van der Waals surface area contributed by atoms with Crippen LogP contribution in [0.3, 0.4) is 0 Å². The zero-order valence-electron chi connectivity index (χ0n) is 10.6. The van der Waals surface area contributed by atoms with Crippen molar-refractivity contribution in [2.75, 3.05) is 19.8 Å². The van der Waals surface area contributed by atoms with Crippen molar-refractivity contribution in [3.05, 3.63) is 34.6 Å². The number of Topliss-reactive ketones (excluding diaryl/α,β-unsaturated/α-hetero) is 1. The normalized spacial score (nSPS) is 18.3. The van der Waals surface area contributed by atoms with Crippen molar-refractivity contribution in [2.24, 2.45) is 11.1 Å². The Kier molecular flexibility index (Phi) is 4.55. The van der Waals surface area contributed by atoms with Crippen LogP contribution in [0.2, 0.25) is 5.02 Å². The molecule has 0 aliphatic carbocycles. The highest BCUT2D eigenvalue weighted by molar-refractivity contribution is 6.31. The Morgan fingerprint density at radius 3 is 2.74 bits per heavy atom. The maximum absolute atomic E-state index is 13.2. The highest BCUT2D eigenvalue weighted by atomic mass is 35.5. The molecule has 0 aromatic heterocycles. The minimum absolute atomic E-state index is 0.0193. The van der Waals surface area contributed by atoms with Crippen molar-refractivity contribution in [1.29, 1.82) is 0 Å². The number of halogens is 2. The van der Waals surface area contributed by atoms with Gasteiger partial charge in [0.15, 0.2) is 0 Å². The number of carbonyl (C=O) groups is 1. The first-order chi connectivity index (χ1) is 9.07. The summed E-state index contributed by atoms with van der Waals surface area (Å²) < 4.78 is 18.5. The fourth-order valence-electron chi connectivity index (χ4n) is 2.40. The van der Waals surface area contributed by atoms with Crippen LogP contribution in [0, 0.1) is 11.2 Å². The zero-order valence-corrected chi connectivity index (χ0v) is 11.4. The van der Waals surface area contributed by atoms with E-state index in [9.17, 15) is 9.18 Å². The molecule has 0 spiro atoms. The molecule has 0 radical (unpaired) electrons. The van der Waals surface area contributed by atoms with Crippen molar-refractivity contribution in [3.8, 4) is 0 Å². The van der Waals surface area contributed by atoms with E-state index < -0.39 is 5.41 Å². The first kappa shape index (κ1) is 14.4. The monoisotopic (exact) mass is 285 g/mol. The highest BCUT2D eigenvalue weighted by Crippen LogP contribution is 2.32. The second-order valence-electron chi connectivity index (χ2n) is 4.93. The summed E-state index contributed by atoms with van der Waals surface area (Å²) in [4.78, 5) is 12.5. The van der Waals surface area contributed by atoms with Gasteiger partial charge in [-0.25, -0.2) is 4.39 Å². The van der Waals surface area contributed by atoms with E-state index in [1.807, 2.05) is 0 Å². The molecule has 1 heterocycles. The van der Waals surface area contributed by atoms with Crippen LogP contribution in [-0.4, -0.2) is 25.5 Å². The van der Waals surface area contributed by atoms with Gasteiger partial charge in [-0.3, -0.25) is 4.79 Å². The SMILES string of the molecule is NCC1(C(=O)Cc2cc(F)ccc2Cl)CCOCC1. The fourth-order valence-corrected chi connectivity index (χ4v) is 2.58. The van der Waals surface area contributed by atoms with Gasteiger partial charge in [0.25, 0.3) is 0 Å². The van der Waals surface area contributed by atoms with Crippen LogP contribution in [0.1, 0.15) is 18.4 Å². The molecule has 0 saturated carbocycles. The van der Waals surface area contributed by atoms with Gasteiger partial charge in [-0.15, -0.1) is 0 Å². The molecule has 3 nitrogen and oxygen atoms in total. The molecule has 1 aromatic rings. The van der Waals surface area contributed by atoms with Gasteiger partial charge in [0.05, 0.1) is 0 Å². The molecule has 1 aromatic carbocycles. The molecule has 1 fully saturated rings. The van der Waals surface area contributed by atoms with Crippen molar-refractivity contribution in [3.63, 3.8) is 0 Å². The number of benzene rings is 1. The lowest BCUT2D eigenvalue weighted by Gasteiger charge is -2.34. The van der Waals surface area contributed by atoms with E-state index >= 15 is 0 Å². The summed E-state index contributed by atoms with van der Waals surface area (Å²) in [5.41, 5.74) is 5.75. The average Bonchev–Trinajstić information content (AvgIpc) is 2.43. The molecule has 1 aliphatic heterocycles. The third-order valence-electron chi connectivity index (χ3n) is 3.79. The second kappa shape index (κ2) is 5.99. The molecule has 2 rings (SSSR count). The number of nitrogens with two attached hydrogens (primary N) is 1. The number of hydrogen-bond donors (Lipinski definition) is 1. The predicted octanol–water partition coefficient (Wildman–Crippen LogP) is 2.35. The quantitative estimate of drug-likeness (QED) is 0.924. The molecule has 1 saturated heterocycles. The lowest BCUT2D eigenvalue weighted by Crippen LogP contribution is -2.44. The predicted molar refractivity (Wildman–Crippen MR) is 71.7 cm³/mol. The van der Waals surface area contributed by atoms with Gasteiger partial charge in [0.2, 0.25) is 0 Å². The molecule has 2 N–H and O–H groups in total. The number of hydrogen-bond acceptors (Lipinski definition) is 3. The van der Waals surface area contributed by atoms with Crippen molar-refractivity contribution < 1.29 is 13.9 Å². The van der Waals surface area contributed by atoms with Gasteiger partial charge in [-0.2, -0.15) is 0 Å². The van der Waals surface area contributed by atoms with E-state index in [1.54, 1.807) is 0 Å². The molecular formula is C14H17ClFNO2. The first-order valence-corrected chi connectivity index (χ1v) is 6.70. The summed E-state index contributed by atoms with van der Waals surface area (Å²) in [5, 5.41) is 0.411. The Balaban J connectivity index is 2.17. The van der Waals surface area contributed by atoms with Crippen LogP contribution >= 0.6 is 11.6 Å². The van der Waals surface area contributed by atoms with E-state index in [1.165, 1.54) is 18.2 Å². The van der Waals surface area contributed by atoms with E-state index in [4.69, 9.17) is 22.1 Å². The van der Waals surface area contributed by atoms with E-state index in [-0.39, 0.29) is 18.0 Å². The third kappa shape index (κ3) is 3.14. The number of carbonyl (C=O) groups excluding carboxylic acids is 1. The summed E-state index contributed by atoms with van der Waals surface area (Å²) >= 11 is 5.99. The maximum atomic E-state index is 13.2. The molecule has 0 atom stereocenters. The maximum Gasteiger partial charge on any atom is 0.144 e. The van der Waals surface area contributed by atoms with Crippen molar-refractivity contribution in [2.45, 2.75) is 19.3 Å². The Bertz CT molecular complexity index is 473. The minimum Gasteiger partial charge on any atom is -0.381 e. The summed E-state index contributed by atoms with van der Waals surface area (Å²) in [7, 11) is 0. The Labute approximate surface area is 116 Å².